The molecule has 0 radical (unpaired) electrons. The molecule has 0 aliphatic rings. The lowest BCUT2D eigenvalue weighted by Gasteiger charge is -2.34. The molecule has 2 unspecified atom stereocenters. The number of rotatable bonds is 6. The van der Waals surface area contributed by atoms with Crippen LogP contribution in [0.4, 0.5) is 4.79 Å². The third kappa shape index (κ3) is 8.22. The van der Waals surface area contributed by atoms with Gasteiger partial charge in [0.25, 0.3) is 0 Å². The van der Waals surface area contributed by atoms with E-state index < -0.39 is 41.1 Å². The molecule has 8 nitrogen and oxygen atoms in total. The number of alkyl carbamates (subject to hydrolysis) is 1. The zero-order valence-electron chi connectivity index (χ0n) is 20.6. The van der Waals surface area contributed by atoms with Crippen molar-refractivity contribution < 1.29 is 19.1 Å². The fourth-order valence-corrected chi connectivity index (χ4v) is 3.11. The SMILES string of the molecule is Cc1ccc(C)c(C(C(=O)NC(C)(C)C)N(CC#N)C(=O)C(C)NC(=O)OC(C)(C)C)c1. The summed E-state index contributed by atoms with van der Waals surface area (Å²) in [5.74, 6) is -0.966. The predicted octanol–water partition coefficient (Wildman–Crippen LogP) is 3.52. The topological polar surface area (TPSA) is 112 Å². The Labute approximate surface area is 191 Å². The summed E-state index contributed by atoms with van der Waals surface area (Å²) in [7, 11) is 0. The minimum Gasteiger partial charge on any atom is -0.444 e. The summed E-state index contributed by atoms with van der Waals surface area (Å²) in [5.41, 5.74) is 1.08. The summed E-state index contributed by atoms with van der Waals surface area (Å²) in [4.78, 5) is 40.1. The van der Waals surface area contributed by atoms with Gasteiger partial charge in [-0.25, -0.2) is 4.79 Å². The molecule has 2 atom stereocenters. The summed E-state index contributed by atoms with van der Waals surface area (Å²) in [6.07, 6.45) is -0.752. The molecule has 1 aromatic rings. The van der Waals surface area contributed by atoms with E-state index in [2.05, 4.69) is 10.6 Å². The van der Waals surface area contributed by atoms with Gasteiger partial charge in [0.15, 0.2) is 0 Å². The smallest absolute Gasteiger partial charge is 0.408 e. The molecule has 32 heavy (non-hydrogen) atoms. The van der Waals surface area contributed by atoms with Crippen LogP contribution in [0.25, 0.3) is 0 Å². The maximum Gasteiger partial charge on any atom is 0.408 e. The molecule has 0 bridgehead atoms. The molecule has 0 aliphatic carbocycles. The lowest BCUT2D eigenvalue weighted by Crippen LogP contribution is -2.54. The Kier molecular flexibility index (Phi) is 8.84. The highest BCUT2D eigenvalue weighted by Crippen LogP contribution is 2.27. The number of nitrogens with one attached hydrogen (secondary N) is 2. The molecular weight excluding hydrogens is 408 g/mol. The van der Waals surface area contributed by atoms with Gasteiger partial charge >= 0.3 is 6.09 Å². The van der Waals surface area contributed by atoms with Crippen molar-refractivity contribution in [2.24, 2.45) is 0 Å². The van der Waals surface area contributed by atoms with E-state index in [4.69, 9.17) is 4.74 Å². The van der Waals surface area contributed by atoms with Gasteiger partial charge in [0.1, 0.15) is 24.2 Å². The lowest BCUT2D eigenvalue weighted by atomic mass is 9.95. The molecule has 0 saturated heterocycles. The standard InChI is InChI=1S/C24H36N4O4/c1-15-10-11-16(2)18(14-15)19(20(29)27-23(4,5)6)28(13-12-25)21(30)17(3)26-22(31)32-24(7,8)9/h10-11,14,17,19H,13H2,1-9H3,(H,26,31)(H,27,29). The van der Waals surface area contributed by atoms with Crippen LogP contribution in [0, 0.1) is 25.2 Å². The molecule has 0 aliphatic heterocycles. The van der Waals surface area contributed by atoms with Crippen molar-refractivity contribution in [1.82, 2.24) is 15.5 Å². The minimum absolute atomic E-state index is 0.325. The lowest BCUT2D eigenvalue weighted by molar-refractivity contribution is -0.142. The van der Waals surface area contributed by atoms with E-state index in [1.54, 1.807) is 20.8 Å². The van der Waals surface area contributed by atoms with Crippen LogP contribution < -0.4 is 10.6 Å². The Balaban J connectivity index is 3.39. The normalized spacial score (nSPS) is 13.4. The molecule has 0 heterocycles. The third-order valence-electron chi connectivity index (χ3n) is 4.42. The van der Waals surface area contributed by atoms with Gasteiger partial charge in [-0.1, -0.05) is 23.8 Å². The summed E-state index contributed by atoms with van der Waals surface area (Å²) >= 11 is 0. The first-order valence-corrected chi connectivity index (χ1v) is 10.6. The average Bonchev–Trinajstić information content (AvgIpc) is 2.60. The molecule has 0 aromatic heterocycles. The number of ether oxygens (including phenoxy) is 1. The van der Waals surface area contributed by atoms with Crippen molar-refractivity contribution in [1.29, 1.82) is 5.26 Å². The van der Waals surface area contributed by atoms with Crippen molar-refractivity contribution in [3.05, 3.63) is 34.9 Å². The monoisotopic (exact) mass is 444 g/mol. The van der Waals surface area contributed by atoms with Gasteiger partial charge in [-0.2, -0.15) is 5.26 Å². The molecular formula is C24H36N4O4. The maximum absolute atomic E-state index is 13.3. The van der Waals surface area contributed by atoms with Crippen LogP contribution in [0.1, 0.15) is 71.2 Å². The van der Waals surface area contributed by atoms with E-state index in [1.165, 1.54) is 11.8 Å². The van der Waals surface area contributed by atoms with Gasteiger partial charge in [-0.3, -0.25) is 9.59 Å². The van der Waals surface area contributed by atoms with E-state index in [0.717, 1.165) is 11.1 Å². The first-order valence-electron chi connectivity index (χ1n) is 10.6. The van der Waals surface area contributed by atoms with Gasteiger partial charge in [0.2, 0.25) is 11.8 Å². The maximum atomic E-state index is 13.3. The Morgan fingerprint density at radius 2 is 1.72 bits per heavy atom. The Bertz CT molecular complexity index is 891. The van der Waals surface area contributed by atoms with E-state index in [1.807, 2.05) is 58.9 Å². The second-order valence-corrected chi connectivity index (χ2v) is 9.99. The highest BCUT2D eigenvalue weighted by Gasteiger charge is 2.36. The number of carbonyl (C=O) groups is 3. The van der Waals surface area contributed by atoms with Crippen molar-refractivity contribution in [2.45, 2.75) is 85.5 Å². The van der Waals surface area contributed by atoms with Crippen LogP contribution in [0.15, 0.2) is 18.2 Å². The van der Waals surface area contributed by atoms with E-state index in [9.17, 15) is 19.6 Å². The number of hydrogen-bond acceptors (Lipinski definition) is 5. The van der Waals surface area contributed by atoms with Crippen LogP contribution in [-0.2, 0) is 14.3 Å². The summed E-state index contributed by atoms with van der Waals surface area (Å²) in [5, 5.41) is 14.9. The third-order valence-corrected chi connectivity index (χ3v) is 4.42. The molecule has 1 rings (SSSR count). The van der Waals surface area contributed by atoms with E-state index in [-0.39, 0.29) is 6.54 Å². The first kappa shape index (κ1) is 27.0. The first-order chi connectivity index (χ1) is 14.6. The Hall–Kier alpha value is -3.08. The van der Waals surface area contributed by atoms with Gasteiger partial charge in [-0.15, -0.1) is 0 Å². The van der Waals surface area contributed by atoms with E-state index in [0.29, 0.717) is 5.56 Å². The van der Waals surface area contributed by atoms with Crippen molar-refractivity contribution in [3.63, 3.8) is 0 Å². The molecule has 8 heteroatoms. The van der Waals surface area contributed by atoms with Crippen LogP contribution in [0.3, 0.4) is 0 Å². The van der Waals surface area contributed by atoms with Gasteiger partial charge in [0, 0.05) is 5.54 Å². The van der Waals surface area contributed by atoms with E-state index >= 15 is 0 Å². The highest BCUT2D eigenvalue weighted by molar-refractivity contribution is 5.92. The fourth-order valence-electron chi connectivity index (χ4n) is 3.11. The average molecular weight is 445 g/mol. The van der Waals surface area contributed by atoms with Crippen molar-refractivity contribution in [2.75, 3.05) is 6.54 Å². The second kappa shape index (κ2) is 10.5. The zero-order chi connectivity index (χ0) is 24.9. The largest absolute Gasteiger partial charge is 0.444 e. The highest BCUT2D eigenvalue weighted by atomic mass is 16.6. The van der Waals surface area contributed by atoms with Gasteiger partial charge < -0.3 is 20.3 Å². The van der Waals surface area contributed by atoms with Gasteiger partial charge in [0.05, 0.1) is 6.07 Å². The number of carbonyl (C=O) groups excluding carboxylic acids is 3. The molecule has 176 valence electrons. The van der Waals surface area contributed by atoms with Crippen LogP contribution in [-0.4, -0.2) is 46.5 Å². The van der Waals surface area contributed by atoms with Gasteiger partial charge in [-0.05, 0) is 73.4 Å². The molecule has 2 N–H and O–H groups in total. The molecule has 0 fully saturated rings. The van der Waals surface area contributed by atoms with Crippen LogP contribution in [0.2, 0.25) is 0 Å². The number of nitrogens with zero attached hydrogens (tertiary/aromatic N) is 2. The number of aryl methyl sites for hydroxylation is 2. The molecule has 0 spiro atoms. The number of benzene rings is 1. The minimum atomic E-state index is -1.04. The summed E-state index contributed by atoms with van der Waals surface area (Å²) in [6, 6.07) is 5.57. The summed E-state index contributed by atoms with van der Waals surface area (Å²) in [6.45, 7) is 15.6. The number of amides is 3. The quantitative estimate of drug-likeness (QED) is 0.652. The second-order valence-electron chi connectivity index (χ2n) is 9.99. The summed E-state index contributed by atoms with van der Waals surface area (Å²) < 4.78 is 5.23. The molecule has 1 aromatic carbocycles. The zero-order valence-corrected chi connectivity index (χ0v) is 20.6. The molecule has 0 saturated carbocycles. The Morgan fingerprint density at radius 3 is 2.22 bits per heavy atom. The Morgan fingerprint density at radius 1 is 1.12 bits per heavy atom. The number of nitriles is 1. The van der Waals surface area contributed by atoms with Crippen molar-refractivity contribution >= 4 is 17.9 Å². The van der Waals surface area contributed by atoms with Crippen LogP contribution in [0.5, 0.6) is 0 Å². The predicted molar refractivity (Wildman–Crippen MR) is 123 cm³/mol. The fraction of sp³-hybridized carbons (Fsp3) is 0.583. The molecule has 3 amide bonds. The number of hydrogen-bond donors (Lipinski definition) is 2. The van der Waals surface area contributed by atoms with Crippen molar-refractivity contribution in [3.8, 4) is 6.07 Å². The van der Waals surface area contributed by atoms with Crippen LogP contribution >= 0.6 is 0 Å².